The largest absolute Gasteiger partial charge is 0.493 e. The van der Waals surface area contributed by atoms with Gasteiger partial charge in [0.25, 0.3) is 10.0 Å². The van der Waals surface area contributed by atoms with Gasteiger partial charge in [0.05, 0.1) is 28.3 Å². The molecule has 0 amide bonds. The fourth-order valence-electron chi connectivity index (χ4n) is 4.74. The number of anilines is 1. The molecule has 3 aromatic carbocycles. The summed E-state index contributed by atoms with van der Waals surface area (Å²) in [4.78, 5) is 8.12. The third-order valence-electron chi connectivity index (χ3n) is 7.04. The van der Waals surface area contributed by atoms with E-state index in [0.717, 1.165) is 57.3 Å². The Morgan fingerprint density at radius 1 is 0.953 bits per heavy atom. The van der Waals surface area contributed by atoms with Crippen LogP contribution in [-0.2, 0) is 16.2 Å². The number of ether oxygens (including phenoxy) is 2. The van der Waals surface area contributed by atoms with Crippen LogP contribution in [0.5, 0.6) is 17.2 Å². The van der Waals surface area contributed by atoms with Crippen LogP contribution < -0.4 is 14.2 Å². The van der Waals surface area contributed by atoms with E-state index in [1.165, 1.54) is 24.4 Å². The average Bonchev–Trinajstić information content (AvgIpc) is 2.97. The Hall–Kier alpha value is -3.94. The van der Waals surface area contributed by atoms with Gasteiger partial charge in [-0.1, -0.05) is 12.1 Å². The van der Waals surface area contributed by atoms with Gasteiger partial charge in [0.15, 0.2) is 11.6 Å². The van der Waals surface area contributed by atoms with Crippen LogP contribution in [-0.4, -0.2) is 69.6 Å². The van der Waals surface area contributed by atoms with E-state index in [1.54, 1.807) is 24.3 Å². The fraction of sp³-hybridized carbons (Fsp3) is 0.300. The van der Waals surface area contributed by atoms with E-state index < -0.39 is 32.5 Å². The molecule has 0 spiro atoms. The van der Waals surface area contributed by atoms with E-state index in [1.807, 2.05) is 4.72 Å². The molecule has 0 unspecified atom stereocenters. The quantitative estimate of drug-likeness (QED) is 0.172. The summed E-state index contributed by atoms with van der Waals surface area (Å²) in [6, 6.07) is 13.8. The molecular formula is C30H30F4N4O4S. The summed E-state index contributed by atoms with van der Waals surface area (Å²) >= 11 is 0. The molecule has 0 radical (unpaired) electrons. The number of hydrogen-bond acceptors (Lipinski definition) is 7. The Labute approximate surface area is 246 Å². The van der Waals surface area contributed by atoms with Crippen molar-refractivity contribution < 1.29 is 35.5 Å². The van der Waals surface area contributed by atoms with E-state index >= 15 is 0 Å². The number of alkyl halides is 3. The first-order valence-corrected chi connectivity index (χ1v) is 15.1. The Bertz CT molecular complexity index is 1690. The lowest BCUT2D eigenvalue weighted by atomic mass is 10.2. The molecule has 8 nitrogen and oxygen atoms in total. The molecule has 43 heavy (non-hydrogen) atoms. The van der Waals surface area contributed by atoms with Crippen molar-refractivity contribution in [2.75, 3.05) is 51.1 Å². The van der Waals surface area contributed by atoms with Crippen LogP contribution in [0, 0.1) is 5.82 Å². The highest BCUT2D eigenvalue weighted by molar-refractivity contribution is 7.92. The molecule has 2 heterocycles. The number of hydrogen-bond donors (Lipinski definition) is 1. The SMILES string of the molecule is CN1CCN(CCCOc2ccc3c(Oc4ccc(NS(=O)(=O)c5ccccc5C(F)(F)F)cc4F)ccnc3c2)CC1. The number of nitrogens with one attached hydrogen (secondary N) is 1. The van der Waals surface area contributed by atoms with Crippen LogP contribution in [0.25, 0.3) is 10.9 Å². The second-order valence-electron chi connectivity index (χ2n) is 10.2. The average molecular weight is 619 g/mol. The zero-order valence-corrected chi connectivity index (χ0v) is 24.1. The molecule has 1 saturated heterocycles. The Balaban J connectivity index is 1.24. The van der Waals surface area contributed by atoms with Gasteiger partial charge in [-0.15, -0.1) is 0 Å². The van der Waals surface area contributed by atoms with Gasteiger partial charge in [-0.25, -0.2) is 12.8 Å². The van der Waals surface area contributed by atoms with Crippen molar-refractivity contribution in [3.8, 4) is 17.2 Å². The van der Waals surface area contributed by atoms with Crippen LogP contribution in [0.15, 0.2) is 77.8 Å². The summed E-state index contributed by atoms with van der Waals surface area (Å²) < 4.78 is 94.1. The summed E-state index contributed by atoms with van der Waals surface area (Å²) in [5.74, 6) is -0.187. The standard InChI is InChI=1S/C30H30F4N4O4S/c1-37-14-16-38(17-15-37)13-4-18-41-22-8-9-23-26(20-22)35-12-11-27(23)42-28-10-7-21(19-25(28)31)36-43(39,40)29-6-3-2-5-24(29)30(32,33)34/h2-3,5-12,19-20,36H,4,13-18H2,1H3. The monoisotopic (exact) mass is 618 g/mol. The van der Waals surface area contributed by atoms with Crippen molar-refractivity contribution in [2.45, 2.75) is 17.5 Å². The van der Waals surface area contributed by atoms with Crippen molar-refractivity contribution in [1.29, 1.82) is 0 Å². The molecule has 0 saturated carbocycles. The van der Waals surface area contributed by atoms with Gasteiger partial charge in [-0.3, -0.25) is 9.71 Å². The molecular weight excluding hydrogens is 588 g/mol. The maximum absolute atomic E-state index is 15.0. The first-order valence-electron chi connectivity index (χ1n) is 13.6. The number of fused-ring (bicyclic) bond motifs is 1. The second-order valence-corrected chi connectivity index (χ2v) is 11.8. The predicted octanol–water partition coefficient (Wildman–Crippen LogP) is 6.00. The van der Waals surface area contributed by atoms with Crippen LogP contribution in [0.1, 0.15) is 12.0 Å². The predicted molar refractivity (Wildman–Crippen MR) is 155 cm³/mol. The maximum Gasteiger partial charge on any atom is 0.417 e. The number of rotatable bonds is 10. The molecule has 0 bridgehead atoms. The number of likely N-dealkylation sites (N-methyl/N-ethyl adjacent to an activating group) is 1. The summed E-state index contributed by atoms with van der Waals surface area (Å²) in [6.07, 6.45) is -2.50. The number of halogens is 4. The van der Waals surface area contributed by atoms with Crippen LogP contribution in [0.4, 0.5) is 23.2 Å². The summed E-state index contributed by atoms with van der Waals surface area (Å²) in [7, 11) is -2.54. The summed E-state index contributed by atoms with van der Waals surface area (Å²) in [5.41, 5.74) is -1.02. The maximum atomic E-state index is 15.0. The minimum atomic E-state index is -4.89. The zero-order chi connectivity index (χ0) is 30.6. The van der Waals surface area contributed by atoms with Crippen molar-refractivity contribution in [2.24, 2.45) is 0 Å². The molecule has 1 N–H and O–H groups in total. The lowest BCUT2D eigenvalue weighted by molar-refractivity contribution is -0.139. The van der Waals surface area contributed by atoms with Crippen molar-refractivity contribution >= 4 is 26.6 Å². The fourth-order valence-corrected chi connectivity index (χ4v) is 6.02. The van der Waals surface area contributed by atoms with E-state index in [4.69, 9.17) is 9.47 Å². The molecule has 1 fully saturated rings. The number of aromatic nitrogens is 1. The third-order valence-corrected chi connectivity index (χ3v) is 8.48. The number of nitrogens with zero attached hydrogens (tertiary/aromatic N) is 3. The summed E-state index contributed by atoms with van der Waals surface area (Å²) in [5, 5.41) is 0.597. The van der Waals surface area contributed by atoms with E-state index in [2.05, 4.69) is 21.8 Å². The smallest absolute Gasteiger partial charge is 0.417 e. The molecule has 1 aliphatic rings. The van der Waals surface area contributed by atoms with Gasteiger partial charge >= 0.3 is 6.18 Å². The molecule has 5 rings (SSSR count). The normalized spacial score (nSPS) is 15.0. The number of benzene rings is 3. The van der Waals surface area contributed by atoms with Crippen molar-refractivity contribution in [3.63, 3.8) is 0 Å². The highest BCUT2D eigenvalue weighted by atomic mass is 32.2. The van der Waals surface area contributed by atoms with Gasteiger partial charge < -0.3 is 19.3 Å². The van der Waals surface area contributed by atoms with E-state index in [0.29, 0.717) is 35.1 Å². The van der Waals surface area contributed by atoms with Gasteiger partial charge in [-0.05, 0) is 55.9 Å². The Kier molecular flexibility index (Phi) is 9.04. The number of piperazine rings is 1. The lowest BCUT2D eigenvalue weighted by Gasteiger charge is -2.32. The minimum Gasteiger partial charge on any atom is -0.493 e. The Morgan fingerprint density at radius 3 is 2.47 bits per heavy atom. The first-order chi connectivity index (χ1) is 20.5. The number of sulfonamides is 1. The van der Waals surface area contributed by atoms with Crippen LogP contribution in [0.2, 0.25) is 0 Å². The molecule has 1 aliphatic heterocycles. The van der Waals surface area contributed by atoms with Gasteiger partial charge in [-0.2, -0.15) is 13.2 Å². The number of pyridine rings is 1. The Morgan fingerprint density at radius 2 is 1.72 bits per heavy atom. The van der Waals surface area contributed by atoms with Gasteiger partial charge in [0.2, 0.25) is 0 Å². The molecule has 4 aromatic rings. The zero-order valence-electron chi connectivity index (χ0n) is 23.3. The van der Waals surface area contributed by atoms with Crippen LogP contribution >= 0.6 is 0 Å². The molecule has 228 valence electrons. The molecule has 1 aromatic heterocycles. The van der Waals surface area contributed by atoms with Gasteiger partial charge in [0.1, 0.15) is 11.5 Å². The van der Waals surface area contributed by atoms with E-state index in [-0.39, 0.29) is 11.4 Å². The minimum absolute atomic E-state index is 0.213. The van der Waals surface area contributed by atoms with E-state index in [9.17, 15) is 26.0 Å². The lowest BCUT2D eigenvalue weighted by Crippen LogP contribution is -2.44. The summed E-state index contributed by atoms with van der Waals surface area (Å²) in [6.45, 7) is 5.74. The molecule has 13 heteroatoms. The topological polar surface area (TPSA) is 84.0 Å². The second kappa shape index (κ2) is 12.7. The van der Waals surface area contributed by atoms with Gasteiger partial charge in [0, 0.05) is 56.4 Å². The molecule has 0 atom stereocenters. The highest BCUT2D eigenvalue weighted by Gasteiger charge is 2.37. The highest BCUT2D eigenvalue weighted by Crippen LogP contribution is 2.36. The molecule has 0 aliphatic carbocycles. The first kappa shape index (κ1) is 30.5. The van der Waals surface area contributed by atoms with Crippen molar-refractivity contribution in [1.82, 2.24) is 14.8 Å². The third kappa shape index (κ3) is 7.53. The van der Waals surface area contributed by atoms with Crippen molar-refractivity contribution in [3.05, 3.63) is 84.3 Å². The van der Waals surface area contributed by atoms with Crippen LogP contribution in [0.3, 0.4) is 0 Å².